The molecule has 0 unspecified atom stereocenters. The van der Waals surface area contributed by atoms with E-state index in [0.717, 1.165) is 20.3 Å². The maximum Gasteiger partial charge on any atom is 0.276 e. The van der Waals surface area contributed by atoms with Gasteiger partial charge in [0.2, 0.25) is 0 Å². The molecular weight excluding hydrogens is 281 g/mol. The van der Waals surface area contributed by atoms with Crippen LogP contribution in [0.2, 0.25) is 0 Å². The number of benzene rings is 1. The molecule has 0 aliphatic carbocycles. The second-order valence-electron chi connectivity index (χ2n) is 3.06. The van der Waals surface area contributed by atoms with Crippen molar-refractivity contribution in [1.82, 2.24) is 0 Å². The average molecular weight is 291 g/mol. The van der Waals surface area contributed by atoms with Gasteiger partial charge < -0.3 is 0 Å². The molecule has 0 aromatic heterocycles. The van der Waals surface area contributed by atoms with E-state index in [1.165, 1.54) is 0 Å². The summed E-state index contributed by atoms with van der Waals surface area (Å²) in [6.45, 7) is 5.53. The fourth-order valence-electron chi connectivity index (χ4n) is 1.43. The van der Waals surface area contributed by atoms with Crippen LogP contribution in [0.1, 0.15) is 16.7 Å². The first kappa shape index (κ1) is 10.4. The number of halogens is 1. The number of nitro benzene ring substituents is 1. The highest BCUT2D eigenvalue weighted by molar-refractivity contribution is 14.1. The zero-order valence-corrected chi connectivity index (χ0v) is 9.88. The molecule has 0 saturated carbocycles. The summed E-state index contributed by atoms with van der Waals surface area (Å²) in [5, 5.41) is 10.7. The topological polar surface area (TPSA) is 43.1 Å². The summed E-state index contributed by atoms with van der Waals surface area (Å²) in [6.07, 6.45) is 0. The first-order valence-electron chi connectivity index (χ1n) is 3.86. The second kappa shape index (κ2) is 3.61. The summed E-state index contributed by atoms with van der Waals surface area (Å²) in [5.41, 5.74) is 2.85. The van der Waals surface area contributed by atoms with Crippen LogP contribution in [0, 0.1) is 34.5 Å². The van der Waals surface area contributed by atoms with E-state index in [0.29, 0.717) is 0 Å². The molecule has 0 fully saturated rings. The zero-order valence-electron chi connectivity index (χ0n) is 7.72. The predicted molar refractivity (Wildman–Crippen MR) is 60.0 cm³/mol. The van der Waals surface area contributed by atoms with Gasteiger partial charge in [-0.1, -0.05) is 0 Å². The van der Waals surface area contributed by atoms with E-state index in [1.54, 1.807) is 13.8 Å². The number of nitro groups is 1. The standard InChI is InChI=1S/C9H10INO2/c1-5-4-6(2)9(11(12)13)7(3)8(5)10/h4H,1-3H3. The van der Waals surface area contributed by atoms with Crippen LogP contribution >= 0.6 is 22.6 Å². The van der Waals surface area contributed by atoms with Gasteiger partial charge in [-0.25, -0.2) is 0 Å². The van der Waals surface area contributed by atoms with Crippen LogP contribution in [-0.4, -0.2) is 4.92 Å². The number of rotatable bonds is 1. The van der Waals surface area contributed by atoms with Crippen LogP contribution < -0.4 is 0 Å². The van der Waals surface area contributed by atoms with Gasteiger partial charge in [-0.3, -0.25) is 10.1 Å². The molecule has 1 aromatic rings. The lowest BCUT2D eigenvalue weighted by atomic mass is 10.1. The van der Waals surface area contributed by atoms with Gasteiger partial charge in [0.1, 0.15) is 0 Å². The molecule has 0 saturated heterocycles. The Bertz CT molecular complexity index is 374. The van der Waals surface area contributed by atoms with Crippen LogP contribution in [0.15, 0.2) is 6.07 Å². The van der Waals surface area contributed by atoms with Gasteiger partial charge in [-0.15, -0.1) is 0 Å². The first-order valence-corrected chi connectivity index (χ1v) is 4.93. The monoisotopic (exact) mass is 291 g/mol. The largest absolute Gasteiger partial charge is 0.276 e. The molecule has 13 heavy (non-hydrogen) atoms. The smallest absolute Gasteiger partial charge is 0.258 e. The summed E-state index contributed by atoms with van der Waals surface area (Å²) in [4.78, 5) is 10.4. The van der Waals surface area contributed by atoms with Gasteiger partial charge >= 0.3 is 0 Å². The minimum absolute atomic E-state index is 0.245. The molecule has 1 rings (SSSR count). The molecule has 70 valence electrons. The summed E-state index contributed by atoms with van der Waals surface area (Å²) < 4.78 is 0.981. The summed E-state index contributed by atoms with van der Waals surface area (Å²) in [7, 11) is 0. The molecule has 0 N–H and O–H groups in total. The van der Waals surface area contributed by atoms with Gasteiger partial charge in [-0.05, 0) is 55.0 Å². The van der Waals surface area contributed by atoms with E-state index in [4.69, 9.17) is 0 Å². The van der Waals surface area contributed by atoms with Crippen LogP contribution in [-0.2, 0) is 0 Å². The third kappa shape index (κ3) is 1.82. The van der Waals surface area contributed by atoms with Crippen LogP contribution in [0.4, 0.5) is 5.69 Å². The number of nitrogens with zero attached hydrogens (tertiary/aromatic N) is 1. The maximum atomic E-state index is 10.7. The zero-order chi connectivity index (χ0) is 10.2. The molecule has 0 atom stereocenters. The van der Waals surface area contributed by atoms with Gasteiger partial charge in [0.15, 0.2) is 0 Å². The van der Waals surface area contributed by atoms with Crippen molar-refractivity contribution < 1.29 is 4.92 Å². The molecule has 0 aliphatic rings. The van der Waals surface area contributed by atoms with Gasteiger partial charge in [0.25, 0.3) is 5.69 Å². The lowest BCUT2D eigenvalue weighted by Gasteiger charge is -2.06. The quantitative estimate of drug-likeness (QED) is 0.453. The molecule has 0 aliphatic heterocycles. The second-order valence-corrected chi connectivity index (χ2v) is 4.13. The SMILES string of the molecule is Cc1cc(C)c([N+](=O)[O-])c(C)c1I. The fraction of sp³-hybridized carbons (Fsp3) is 0.333. The number of hydrogen-bond acceptors (Lipinski definition) is 2. The molecule has 0 heterocycles. The van der Waals surface area contributed by atoms with Crippen molar-refractivity contribution in [2.24, 2.45) is 0 Å². The minimum atomic E-state index is -0.313. The summed E-state index contributed by atoms with van der Waals surface area (Å²) in [5.74, 6) is 0. The van der Waals surface area contributed by atoms with E-state index in [2.05, 4.69) is 22.6 Å². The normalized spacial score (nSPS) is 10.2. The molecular formula is C9H10INO2. The Morgan fingerprint density at radius 3 is 2.31 bits per heavy atom. The highest BCUT2D eigenvalue weighted by Crippen LogP contribution is 2.29. The van der Waals surface area contributed by atoms with Crippen LogP contribution in [0.25, 0.3) is 0 Å². The van der Waals surface area contributed by atoms with E-state index in [1.807, 2.05) is 13.0 Å². The lowest BCUT2D eigenvalue weighted by Crippen LogP contribution is -1.98. The van der Waals surface area contributed by atoms with Crippen molar-refractivity contribution in [3.05, 3.63) is 36.4 Å². The molecule has 3 nitrogen and oxygen atoms in total. The molecule has 4 heteroatoms. The third-order valence-corrected chi connectivity index (χ3v) is 3.68. The Balaban J connectivity index is 3.53. The molecule has 0 radical (unpaired) electrons. The van der Waals surface area contributed by atoms with E-state index >= 15 is 0 Å². The molecule has 0 bridgehead atoms. The average Bonchev–Trinajstić information content (AvgIpc) is 1.99. The molecule has 0 amide bonds. The van der Waals surface area contributed by atoms with Crippen molar-refractivity contribution in [2.75, 3.05) is 0 Å². The number of aryl methyl sites for hydroxylation is 2. The minimum Gasteiger partial charge on any atom is -0.258 e. The summed E-state index contributed by atoms with van der Waals surface area (Å²) in [6, 6.07) is 1.85. The Morgan fingerprint density at radius 2 is 1.85 bits per heavy atom. The first-order chi connectivity index (χ1) is 5.95. The Hall–Kier alpha value is -0.650. The van der Waals surface area contributed by atoms with Crippen molar-refractivity contribution in [1.29, 1.82) is 0 Å². The Kier molecular flexibility index (Phi) is 2.90. The van der Waals surface area contributed by atoms with Crippen molar-refractivity contribution >= 4 is 28.3 Å². The van der Waals surface area contributed by atoms with Crippen molar-refractivity contribution in [3.8, 4) is 0 Å². The lowest BCUT2D eigenvalue weighted by molar-refractivity contribution is -0.386. The Labute approximate surface area is 90.4 Å². The van der Waals surface area contributed by atoms with Crippen molar-refractivity contribution in [3.63, 3.8) is 0 Å². The fourth-order valence-corrected chi connectivity index (χ4v) is 1.84. The summed E-state index contributed by atoms with van der Waals surface area (Å²) >= 11 is 2.14. The van der Waals surface area contributed by atoms with Gasteiger partial charge in [0.05, 0.1) is 4.92 Å². The van der Waals surface area contributed by atoms with Gasteiger partial charge in [0, 0.05) is 14.7 Å². The number of hydrogen-bond donors (Lipinski definition) is 0. The highest BCUT2D eigenvalue weighted by atomic mass is 127. The van der Waals surface area contributed by atoms with E-state index < -0.39 is 0 Å². The Morgan fingerprint density at radius 1 is 1.31 bits per heavy atom. The van der Waals surface area contributed by atoms with Gasteiger partial charge in [-0.2, -0.15) is 0 Å². The van der Waals surface area contributed by atoms with E-state index in [9.17, 15) is 10.1 Å². The highest BCUT2D eigenvalue weighted by Gasteiger charge is 2.17. The third-order valence-electron chi connectivity index (χ3n) is 2.02. The maximum absolute atomic E-state index is 10.7. The van der Waals surface area contributed by atoms with Crippen molar-refractivity contribution in [2.45, 2.75) is 20.8 Å². The molecule has 0 spiro atoms. The van der Waals surface area contributed by atoms with E-state index in [-0.39, 0.29) is 10.6 Å². The molecule has 1 aromatic carbocycles. The van der Waals surface area contributed by atoms with Crippen LogP contribution in [0.5, 0.6) is 0 Å². The van der Waals surface area contributed by atoms with Crippen LogP contribution in [0.3, 0.4) is 0 Å². The predicted octanol–water partition coefficient (Wildman–Crippen LogP) is 3.12.